The topological polar surface area (TPSA) is 77.3 Å². The van der Waals surface area contributed by atoms with Crippen molar-refractivity contribution in [3.05, 3.63) is 65.9 Å². The van der Waals surface area contributed by atoms with Crippen LogP contribution in [0.15, 0.2) is 54.7 Å². The highest BCUT2D eigenvalue weighted by atomic mass is 16.6. The largest absolute Gasteiger partial charge is 0.497 e. The summed E-state index contributed by atoms with van der Waals surface area (Å²) < 4.78 is 10.5. The Kier molecular flexibility index (Phi) is 4.19. The van der Waals surface area contributed by atoms with Crippen molar-refractivity contribution < 1.29 is 14.3 Å². The number of nitrogens with one attached hydrogen (secondary N) is 1. The minimum atomic E-state index is -0.786. The Morgan fingerprint density at radius 1 is 1.17 bits per heavy atom. The lowest BCUT2D eigenvalue weighted by Crippen LogP contribution is -2.19. The number of methoxy groups -OCH3 is 1. The molecule has 1 heterocycles. The molecule has 5 nitrogen and oxygen atoms in total. The molecule has 1 atom stereocenters. The maximum atomic E-state index is 11.3. The van der Waals surface area contributed by atoms with Crippen LogP contribution < -0.4 is 10.5 Å². The fourth-order valence-electron chi connectivity index (χ4n) is 2.69. The number of ether oxygens (including phenoxy) is 2. The van der Waals surface area contributed by atoms with Crippen LogP contribution >= 0.6 is 0 Å². The van der Waals surface area contributed by atoms with Gasteiger partial charge in [0.15, 0.2) is 0 Å². The number of primary amides is 1. The number of fused-ring (bicyclic) bond motifs is 1. The minimum Gasteiger partial charge on any atom is -0.497 e. The standard InChI is InChI=1S/C18H18N2O3/c1-22-14-8-6-12(7-9-14)17(23-18(19)21)10-13-11-20-16-5-3-2-4-15(13)16/h2-9,11,17,20H,10H2,1H3,(H2,19,21). The second-order valence-corrected chi connectivity index (χ2v) is 5.26. The molecular formula is C18H18N2O3. The van der Waals surface area contributed by atoms with Crippen LogP contribution in [0.1, 0.15) is 17.2 Å². The number of carbonyl (C=O) groups is 1. The zero-order chi connectivity index (χ0) is 16.2. The Balaban J connectivity index is 1.90. The van der Waals surface area contributed by atoms with Gasteiger partial charge in [-0.2, -0.15) is 0 Å². The summed E-state index contributed by atoms with van der Waals surface area (Å²) in [7, 11) is 1.61. The van der Waals surface area contributed by atoms with Gasteiger partial charge in [-0.3, -0.25) is 0 Å². The predicted molar refractivity (Wildman–Crippen MR) is 88.4 cm³/mol. The van der Waals surface area contributed by atoms with Gasteiger partial charge < -0.3 is 20.2 Å². The molecule has 0 fully saturated rings. The van der Waals surface area contributed by atoms with Crippen LogP contribution in [0.25, 0.3) is 10.9 Å². The van der Waals surface area contributed by atoms with E-state index in [9.17, 15) is 4.79 Å². The Bertz CT molecular complexity index is 809. The molecule has 0 saturated heterocycles. The maximum Gasteiger partial charge on any atom is 0.405 e. The van der Waals surface area contributed by atoms with E-state index in [2.05, 4.69) is 4.98 Å². The SMILES string of the molecule is COc1ccc(C(Cc2c[nH]c3ccccc23)OC(N)=O)cc1. The van der Waals surface area contributed by atoms with Crippen molar-refractivity contribution in [3.8, 4) is 5.75 Å². The van der Waals surface area contributed by atoms with E-state index in [4.69, 9.17) is 15.2 Å². The van der Waals surface area contributed by atoms with Crippen molar-refractivity contribution >= 4 is 17.0 Å². The molecule has 0 radical (unpaired) electrons. The van der Waals surface area contributed by atoms with Crippen molar-refractivity contribution in [2.45, 2.75) is 12.5 Å². The Morgan fingerprint density at radius 3 is 2.61 bits per heavy atom. The second kappa shape index (κ2) is 6.44. The number of benzene rings is 2. The number of rotatable bonds is 5. The minimum absolute atomic E-state index is 0.447. The summed E-state index contributed by atoms with van der Waals surface area (Å²) >= 11 is 0. The lowest BCUT2D eigenvalue weighted by atomic mass is 10.0. The van der Waals surface area contributed by atoms with Crippen molar-refractivity contribution in [1.82, 2.24) is 4.98 Å². The van der Waals surface area contributed by atoms with E-state index in [1.54, 1.807) is 7.11 Å². The highest BCUT2D eigenvalue weighted by Gasteiger charge is 2.18. The molecule has 2 aromatic carbocycles. The van der Waals surface area contributed by atoms with Crippen molar-refractivity contribution in [3.63, 3.8) is 0 Å². The summed E-state index contributed by atoms with van der Waals surface area (Å²) in [6.45, 7) is 0. The predicted octanol–water partition coefficient (Wildman–Crippen LogP) is 3.56. The quantitative estimate of drug-likeness (QED) is 0.756. The molecule has 3 rings (SSSR count). The van der Waals surface area contributed by atoms with Crippen molar-refractivity contribution in [2.75, 3.05) is 7.11 Å². The van der Waals surface area contributed by atoms with Crippen LogP contribution in [0.4, 0.5) is 4.79 Å². The van der Waals surface area contributed by atoms with Crippen LogP contribution in [0.3, 0.4) is 0 Å². The molecule has 0 aliphatic rings. The van der Waals surface area contributed by atoms with Gasteiger partial charge in [0.25, 0.3) is 0 Å². The number of aromatic nitrogens is 1. The van der Waals surface area contributed by atoms with E-state index in [0.29, 0.717) is 6.42 Å². The molecule has 0 spiro atoms. The first-order chi connectivity index (χ1) is 11.2. The molecule has 1 amide bonds. The van der Waals surface area contributed by atoms with E-state index in [0.717, 1.165) is 27.8 Å². The number of H-pyrrole nitrogens is 1. The highest BCUT2D eigenvalue weighted by Crippen LogP contribution is 2.28. The molecule has 0 aliphatic carbocycles. The third-order valence-electron chi connectivity index (χ3n) is 3.83. The molecule has 0 bridgehead atoms. The van der Waals surface area contributed by atoms with Gasteiger partial charge in [-0.15, -0.1) is 0 Å². The molecular weight excluding hydrogens is 292 g/mol. The van der Waals surface area contributed by atoms with E-state index in [-0.39, 0.29) is 0 Å². The molecule has 118 valence electrons. The summed E-state index contributed by atoms with van der Waals surface area (Å²) in [5, 5.41) is 1.11. The normalized spacial score (nSPS) is 12.0. The molecule has 23 heavy (non-hydrogen) atoms. The van der Waals surface area contributed by atoms with Crippen LogP contribution in [0.5, 0.6) is 5.75 Å². The lowest BCUT2D eigenvalue weighted by molar-refractivity contribution is 0.107. The van der Waals surface area contributed by atoms with Crippen LogP contribution in [-0.2, 0) is 11.2 Å². The first-order valence-electron chi connectivity index (χ1n) is 7.32. The third kappa shape index (κ3) is 3.29. The molecule has 3 N–H and O–H groups in total. The zero-order valence-corrected chi connectivity index (χ0v) is 12.8. The molecule has 0 aliphatic heterocycles. The van der Waals surface area contributed by atoms with Crippen molar-refractivity contribution in [1.29, 1.82) is 0 Å². The second-order valence-electron chi connectivity index (χ2n) is 5.26. The van der Waals surface area contributed by atoms with Crippen LogP contribution in [-0.4, -0.2) is 18.2 Å². The third-order valence-corrected chi connectivity index (χ3v) is 3.83. The van der Waals surface area contributed by atoms with E-state index < -0.39 is 12.2 Å². The van der Waals surface area contributed by atoms with Crippen molar-refractivity contribution in [2.24, 2.45) is 5.73 Å². The number of hydrogen-bond acceptors (Lipinski definition) is 3. The molecule has 3 aromatic rings. The van der Waals surface area contributed by atoms with Gasteiger partial charge in [0.2, 0.25) is 0 Å². The molecule has 5 heteroatoms. The fraction of sp³-hybridized carbons (Fsp3) is 0.167. The number of para-hydroxylation sites is 1. The van der Waals surface area contributed by atoms with E-state index >= 15 is 0 Å². The lowest BCUT2D eigenvalue weighted by Gasteiger charge is -2.17. The number of aromatic amines is 1. The van der Waals surface area contributed by atoms with Crippen LogP contribution in [0.2, 0.25) is 0 Å². The molecule has 1 aromatic heterocycles. The van der Waals surface area contributed by atoms with E-state index in [1.807, 2.05) is 54.7 Å². The fourth-order valence-corrected chi connectivity index (χ4v) is 2.69. The smallest absolute Gasteiger partial charge is 0.405 e. The maximum absolute atomic E-state index is 11.3. The van der Waals surface area contributed by atoms with Gasteiger partial charge in [-0.1, -0.05) is 30.3 Å². The summed E-state index contributed by atoms with van der Waals surface area (Å²) in [5.41, 5.74) is 8.23. The zero-order valence-electron chi connectivity index (χ0n) is 12.8. The Hall–Kier alpha value is -2.95. The van der Waals surface area contributed by atoms with Gasteiger partial charge in [-0.05, 0) is 29.3 Å². The van der Waals surface area contributed by atoms with Gasteiger partial charge in [0.1, 0.15) is 11.9 Å². The summed E-state index contributed by atoms with van der Waals surface area (Å²) in [6, 6.07) is 15.4. The number of amides is 1. The first kappa shape index (κ1) is 15.0. The number of nitrogens with two attached hydrogens (primary N) is 1. The summed E-state index contributed by atoms with van der Waals surface area (Å²) in [6.07, 6.45) is 1.24. The summed E-state index contributed by atoms with van der Waals surface area (Å²) in [4.78, 5) is 14.5. The van der Waals surface area contributed by atoms with Crippen LogP contribution in [0, 0.1) is 0 Å². The molecule has 0 saturated carbocycles. The van der Waals surface area contributed by atoms with Gasteiger partial charge >= 0.3 is 6.09 Å². The van der Waals surface area contributed by atoms with Gasteiger partial charge in [0.05, 0.1) is 7.11 Å². The van der Waals surface area contributed by atoms with Gasteiger partial charge in [0, 0.05) is 23.5 Å². The Morgan fingerprint density at radius 2 is 1.91 bits per heavy atom. The Labute approximate surface area is 134 Å². The monoisotopic (exact) mass is 310 g/mol. The number of hydrogen-bond donors (Lipinski definition) is 2. The highest BCUT2D eigenvalue weighted by molar-refractivity contribution is 5.83. The number of carbonyl (C=O) groups excluding carboxylic acids is 1. The summed E-state index contributed by atoms with van der Waals surface area (Å²) in [5.74, 6) is 0.749. The van der Waals surface area contributed by atoms with Gasteiger partial charge in [-0.25, -0.2) is 4.79 Å². The molecule has 1 unspecified atom stereocenters. The average molecular weight is 310 g/mol. The average Bonchev–Trinajstić information content (AvgIpc) is 2.97. The first-order valence-corrected chi connectivity index (χ1v) is 7.32. The van der Waals surface area contributed by atoms with E-state index in [1.165, 1.54) is 0 Å².